The molecule has 2 aliphatic heterocycles. The van der Waals surface area contributed by atoms with Gasteiger partial charge in [0, 0.05) is 12.1 Å². The molecule has 1 fully saturated rings. The molecule has 1 atom stereocenters. The summed E-state index contributed by atoms with van der Waals surface area (Å²) in [6.07, 6.45) is 5.06. The molecular formula is C9H14N2O. The van der Waals surface area contributed by atoms with Crippen molar-refractivity contribution in [1.29, 1.82) is 0 Å². The second kappa shape index (κ2) is 2.88. The van der Waals surface area contributed by atoms with E-state index in [1.807, 2.05) is 6.92 Å². The average Bonchev–Trinajstić information content (AvgIpc) is 2.07. The van der Waals surface area contributed by atoms with E-state index in [0.29, 0.717) is 12.5 Å². The van der Waals surface area contributed by atoms with Crippen LogP contribution in [0, 0.1) is 0 Å². The van der Waals surface area contributed by atoms with Gasteiger partial charge in [0.1, 0.15) is 0 Å². The van der Waals surface area contributed by atoms with Gasteiger partial charge in [0.2, 0.25) is 5.91 Å². The largest absolute Gasteiger partial charge is 0.273 e. The molecular weight excluding hydrogens is 152 g/mol. The van der Waals surface area contributed by atoms with Crippen LogP contribution in [0.3, 0.4) is 0 Å². The van der Waals surface area contributed by atoms with Crippen LogP contribution in [0.5, 0.6) is 0 Å². The van der Waals surface area contributed by atoms with Crippen molar-refractivity contribution in [3.05, 3.63) is 0 Å². The highest BCUT2D eigenvalue weighted by Crippen LogP contribution is 2.25. The van der Waals surface area contributed by atoms with Gasteiger partial charge in [-0.15, -0.1) is 0 Å². The van der Waals surface area contributed by atoms with Gasteiger partial charge in [-0.05, 0) is 32.6 Å². The Balaban J connectivity index is 2.19. The smallest absolute Gasteiger partial charge is 0.242 e. The molecule has 3 heteroatoms. The molecule has 0 bridgehead atoms. The first-order valence-electron chi connectivity index (χ1n) is 4.63. The molecule has 0 N–H and O–H groups in total. The number of carbonyl (C=O) groups excluding carboxylic acids is 1. The van der Waals surface area contributed by atoms with Crippen LogP contribution in [0.2, 0.25) is 0 Å². The predicted molar refractivity (Wildman–Crippen MR) is 46.8 cm³/mol. The molecule has 0 aliphatic carbocycles. The normalized spacial score (nSPS) is 29.8. The van der Waals surface area contributed by atoms with Crippen molar-refractivity contribution in [3.8, 4) is 0 Å². The zero-order chi connectivity index (χ0) is 8.55. The summed E-state index contributed by atoms with van der Waals surface area (Å²) in [5.41, 5.74) is 1.10. The highest BCUT2D eigenvalue weighted by atomic mass is 16.2. The summed E-state index contributed by atoms with van der Waals surface area (Å²) in [6, 6.07) is 0.412. The first kappa shape index (κ1) is 7.77. The molecule has 1 amide bonds. The number of hydrogen-bond acceptors (Lipinski definition) is 2. The van der Waals surface area contributed by atoms with E-state index in [4.69, 9.17) is 0 Å². The zero-order valence-electron chi connectivity index (χ0n) is 7.42. The molecule has 12 heavy (non-hydrogen) atoms. The van der Waals surface area contributed by atoms with Crippen LogP contribution in [-0.2, 0) is 4.79 Å². The van der Waals surface area contributed by atoms with Crippen LogP contribution in [0.15, 0.2) is 5.10 Å². The summed E-state index contributed by atoms with van der Waals surface area (Å²) in [6.45, 7) is 2.00. The molecule has 0 saturated carbocycles. The maximum Gasteiger partial charge on any atom is 0.242 e. The summed E-state index contributed by atoms with van der Waals surface area (Å²) in [7, 11) is 0. The Kier molecular flexibility index (Phi) is 1.87. The number of carbonyl (C=O) groups is 1. The van der Waals surface area contributed by atoms with Gasteiger partial charge in [0.15, 0.2) is 0 Å². The maximum atomic E-state index is 11.4. The van der Waals surface area contributed by atoms with Gasteiger partial charge in [-0.1, -0.05) is 0 Å². The third kappa shape index (κ3) is 1.24. The van der Waals surface area contributed by atoms with Gasteiger partial charge in [-0.2, -0.15) is 5.10 Å². The Morgan fingerprint density at radius 3 is 3.08 bits per heavy atom. The van der Waals surface area contributed by atoms with Gasteiger partial charge in [-0.3, -0.25) is 4.79 Å². The fourth-order valence-corrected chi connectivity index (χ4v) is 1.94. The van der Waals surface area contributed by atoms with Crippen molar-refractivity contribution in [2.75, 3.05) is 0 Å². The van der Waals surface area contributed by atoms with Gasteiger partial charge in [-0.25, -0.2) is 5.01 Å². The third-order valence-electron chi connectivity index (χ3n) is 2.65. The van der Waals surface area contributed by atoms with Crippen molar-refractivity contribution in [2.45, 2.75) is 45.1 Å². The Labute approximate surface area is 72.4 Å². The lowest BCUT2D eigenvalue weighted by molar-refractivity contribution is -0.136. The van der Waals surface area contributed by atoms with E-state index < -0.39 is 0 Å². The highest BCUT2D eigenvalue weighted by Gasteiger charge is 2.30. The van der Waals surface area contributed by atoms with E-state index in [9.17, 15) is 4.79 Å². The zero-order valence-corrected chi connectivity index (χ0v) is 7.42. The van der Waals surface area contributed by atoms with Crippen LogP contribution in [0.1, 0.15) is 39.0 Å². The number of nitrogens with zero attached hydrogens (tertiary/aromatic N) is 2. The number of fused-ring (bicyclic) bond motifs is 1. The van der Waals surface area contributed by atoms with E-state index in [0.717, 1.165) is 31.4 Å². The molecule has 0 aromatic rings. The Morgan fingerprint density at radius 2 is 2.25 bits per heavy atom. The molecule has 3 nitrogen and oxygen atoms in total. The summed E-state index contributed by atoms with van der Waals surface area (Å²) in [5.74, 6) is 0.213. The van der Waals surface area contributed by atoms with Gasteiger partial charge < -0.3 is 0 Å². The molecule has 2 aliphatic rings. The quantitative estimate of drug-likeness (QED) is 0.537. The van der Waals surface area contributed by atoms with Crippen LogP contribution < -0.4 is 0 Å². The molecule has 2 rings (SSSR count). The van der Waals surface area contributed by atoms with E-state index >= 15 is 0 Å². The van der Waals surface area contributed by atoms with Gasteiger partial charge in [0.25, 0.3) is 0 Å². The molecule has 2 heterocycles. The Hall–Kier alpha value is -0.860. The minimum atomic E-state index is 0.213. The van der Waals surface area contributed by atoms with Crippen molar-refractivity contribution in [2.24, 2.45) is 5.10 Å². The number of rotatable bonds is 0. The molecule has 1 saturated heterocycles. The van der Waals surface area contributed by atoms with Crippen LogP contribution >= 0.6 is 0 Å². The molecule has 0 aromatic carbocycles. The highest BCUT2D eigenvalue weighted by molar-refractivity contribution is 5.86. The maximum absolute atomic E-state index is 11.4. The molecule has 0 spiro atoms. The monoisotopic (exact) mass is 166 g/mol. The SMILES string of the molecule is CC1=NN2C(=O)CCCC2CC1. The van der Waals surface area contributed by atoms with E-state index in [1.165, 1.54) is 0 Å². The summed E-state index contributed by atoms with van der Waals surface area (Å²) >= 11 is 0. The first-order valence-corrected chi connectivity index (χ1v) is 4.63. The number of hydrazone groups is 1. The summed E-state index contributed by atoms with van der Waals surface area (Å²) in [5, 5.41) is 6.00. The van der Waals surface area contributed by atoms with Crippen molar-refractivity contribution in [3.63, 3.8) is 0 Å². The molecule has 0 aromatic heterocycles. The molecule has 66 valence electrons. The molecule has 0 radical (unpaired) electrons. The van der Waals surface area contributed by atoms with Crippen LogP contribution in [0.25, 0.3) is 0 Å². The summed E-state index contributed by atoms with van der Waals surface area (Å²) < 4.78 is 0. The lowest BCUT2D eigenvalue weighted by Gasteiger charge is -2.35. The lowest BCUT2D eigenvalue weighted by atomic mass is 9.97. The van der Waals surface area contributed by atoms with Gasteiger partial charge >= 0.3 is 0 Å². The van der Waals surface area contributed by atoms with E-state index in [2.05, 4.69) is 5.10 Å². The Bertz CT molecular complexity index is 235. The third-order valence-corrected chi connectivity index (χ3v) is 2.65. The van der Waals surface area contributed by atoms with E-state index in [1.54, 1.807) is 5.01 Å². The minimum Gasteiger partial charge on any atom is -0.273 e. The second-order valence-electron chi connectivity index (χ2n) is 3.66. The predicted octanol–water partition coefficient (Wildman–Crippen LogP) is 1.54. The number of amides is 1. The number of hydrogen-bond donors (Lipinski definition) is 0. The minimum absolute atomic E-state index is 0.213. The fraction of sp³-hybridized carbons (Fsp3) is 0.778. The van der Waals surface area contributed by atoms with E-state index in [-0.39, 0.29) is 5.91 Å². The number of piperidine rings is 1. The standard InChI is InChI=1S/C9H14N2O/c1-7-5-6-8-3-2-4-9(12)11(8)10-7/h8H,2-6H2,1H3. The van der Waals surface area contributed by atoms with Crippen molar-refractivity contribution >= 4 is 11.6 Å². The van der Waals surface area contributed by atoms with Crippen molar-refractivity contribution < 1.29 is 4.79 Å². The van der Waals surface area contributed by atoms with Crippen LogP contribution in [0.4, 0.5) is 0 Å². The Morgan fingerprint density at radius 1 is 1.42 bits per heavy atom. The van der Waals surface area contributed by atoms with Crippen LogP contribution in [-0.4, -0.2) is 22.7 Å². The fourth-order valence-electron chi connectivity index (χ4n) is 1.94. The van der Waals surface area contributed by atoms with Gasteiger partial charge in [0.05, 0.1) is 6.04 Å². The molecule has 1 unspecified atom stereocenters. The second-order valence-corrected chi connectivity index (χ2v) is 3.66. The lowest BCUT2D eigenvalue weighted by Crippen LogP contribution is -2.42. The van der Waals surface area contributed by atoms with Crippen molar-refractivity contribution in [1.82, 2.24) is 5.01 Å². The average molecular weight is 166 g/mol. The summed E-state index contributed by atoms with van der Waals surface area (Å²) in [4.78, 5) is 11.4. The first-order chi connectivity index (χ1) is 5.77. The topological polar surface area (TPSA) is 32.7 Å².